The molecule has 1 unspecified atom stereocenters. The maximum Gasteiger partial charge on any atom is 0.292 e. The van der Waals surface area contributed by atoms with Gasteiger partial charge in [0.05, 0.1) is 36.7 Å². The number of hydrogen-bond acceptors (Lipinski definition) is 8. The van der Waals surface area contributed by atoms with Crippen LogP contribution in [0.5, 0.6) is 0 Å². The summed E-state index contributed by atoms with van der Waals surface area (Å²) < 4.78 is 11.4. The lowest BCUT2D eigenvalue weighted by Crippen LogP contribution is -2.41. The van der Waals surface area contributed by atoms with Crippen LogP contribution < -0.4 is 4.90 Å². The number of ether oxygens (including phenoxy) is 1. The van der Waals surface area contributed by atoms with Crippen LogP contribution >= 0.6 is 0 Å². The van der Waals surface area contributed by atoms with E-state index in [4.69, 9.17) is 19.2 Å². The van der Waals surface area contributed by atoms with Gasteiger partial charge in [0.25, 0.3) is 5.91 Å². The maximum atomic E-state index is 13.8. The summed E-state index contributed by atoms with van der Waals surface area (Å²) in [7, 11) is 0. The van der Waals surface area contributed by atoms with E-state index in [1.54, 1.807) is 11.1 Å². The van der Waals surface area contributed by atoms with Crippen LogP contribution in [0.3, 0.4) is 0 Å². The molecule has 2 aliphatic heterocycles. The summed E-state index contributed by atoms with van der Waals surface area (Å²) in [6.45, 7) is 6.64. The Morgan fingerprint density at radius 1 is 1.07 bits per heavy atom. The van der Waals surface area contributed by atoms with Gasteiger partial charge in [-0.3, -0.25) is 9.89 Å². The number of H-pyrrole nitrogens is 1. The van der Waals surface area contributed by atoms with Crippen LogP contribution in [-0.4, -0.2) is 62.4 Å². The minimum atomic E-state index is -0.186. The van der Waals surface area contributed by atoms with Gasteiger partial charge in [0.15, 0.2) is 0 Å². The van der Waals surface area contributed by atoms with Crippen molar-refractivity contribution >= 4 is 22.6 Å². The zero-order valence-electron chi connectivity index (χ0n) is 22.4. The van der Waals surface area contributed by atoms with Crippen LogP contribution in [-0.2, 0) is 17.7 Å². The minimum Gasteiger partial charge on any atom is -0.377 e. The van der Waals surface area contributed by atoms with Gasteiger partial charge < -0.3 is 19.1 Å². The van der Waals surface area contributed by atoms with E-state index in [1.165, 1.54) is 0 Å². The highest BCUT2D eigenvalue weighted by Crippen LogP contribution is 2.36. The predicted octanol–water partition coefficient (Wildman–Crippen LogP) is 4.40. The Bertz CT molecular complexity index is 1690. The highest BCUT2D eigenvalue weighted by atomic mass is 16.5. The second-order valence-corrected chi connectivity index (χ2v) is 10.3. The fourth-order valence-corrected chi connectivity index (χ4v) is 5.82. The number of aryl methyl sites for hydroxylation is 2. The molecule has 1 N–H and O–H groups in total. The summed E-state index contributed by atoms with van der Waals surface area (Å²) in [5.74, 6) is 1.48. The summed E-state index contributed by atoms with van der Waals surface area (Å²) in [5.41, 5.74) is 6.70. The number of rotatable bonds is 4. The molecule has 1 atom stereocenters. The molecule has 1 amide bonds. The van der Waals surface area contributed by atoms with Crippen LogP contribution in [0.1, 0.15) is 44.9 Å². The van der Waals surface area contributed by atoms with Crippen molar-refractivity contribution in [2.75, 3.05) is 31.2 Å². The van der Waals surface area contributed by atoms with Crippen LogP contribution in [0.25, 0.3) is 22.0 Å². The smallest absolute Gasteiger partial charge is 0.292 e. The summed E-state index contributed by atoms with van der Waals surface area (Å²) in [4.78, 5) is 27.6. The molecule has 0 bridgehead atoms. The van der Waals surface area contributed by atoms with Crippen molar-refractivity contribution in [3.05, 3.63) is 88.8 Å². The topological polar surface area (TPSA) is 113 Å². The van der Waals surface area contributed by atoms with Gasteiger partial charge in [0, 0.05) is 48.3 Å². The van der Waals surface area contributed by atoms with E-state index in [0.29, 0.717) is 38.4 Å². The third-order valence-electron chi connectivity index (χ3n) is 7.86. The molecule has 0 spiro atoms. The lowest BCUT2D eigenvalue weighted by atomic mass is 10.0. The van der Waals surface area contributed by atoms with Crippen LogP contribution in [0.2, 0.25) is 0 Å². The molecule has 40 heavy (non-hydrogen) atoms. The number of nitrogens with one attached hydrogen (secondary N) is 1. The second-order valence-electron chi connectivity index (χ2n) is 10.3. The molecule has 2 aliphatic rings. The van der Waals surface area contributed by atoms with Crippen molar-refractivity contribution in [3.63, 3.8) is 0 Å². The van der Waals surface area contributed by atoms with Crippen LogP contribution in [0.4, 0.5) is 5.82 Å². The van der Waals surface area contributed by atoms with Crippen molar-refractivity contribution in [2.24, 2.45) is 0 Å². The van der Waals surface area contributed by atoms with E-state index in [1.807, 2.05) is 44.2 Å². The number of carbonyl (C=O) groups is 1. The van der Waals surface area contributed by atoms with Gasteiger partial charge >= 0.3 is 0 Å². The summed E-state index contributed by atoms with van der Waals surface area (Å²) in [5, 5.41) is 12.2. The number of aromatic nitrogens is 5. The zero-order chi connectivity index (χ0) is 27.2. The first-order valence-electron chi connectivity index (χ1n) is 13.5. The number of benzene rings is 2. The van der Waals surface area contributed by atoms with E-state index < -0.39 is 0 Å². The largest absolute Gasteiger partial charge is 0.377 e. The van der Waals surface area contributed by atoms with Gasteiger partial charge in [-0.2, -0.15) is 5.10 Å². The molecular weight excluding hydrogens is 506 g/mol. The summed E-state index contributed by atoms with van der Waals surface area (Å²) in [6.07, 6.45) is 2.51. The molecular formula is C30H29N7O3. The van der Waals surface area contributed by atoms with Crippen molar-refractivity contribution in [3.8, 4) is 11.1 Å². The highest BCUT2D eigenvalue weighted by molar-refractivity contribution is 5.98. The van der Waals surface area contributed by atoms with Gasteiger partial charge in [-0.05, 0) is 37.1 Å². The van der Waals surface area contributed by atoms with Crippen molar-refractivity contribution in [2.45, 2.75) is 32.9 Å². The predicted molar refractivity (Wildman–Crippen MR) is 149 cm³/mol. The highest BCUT2D eigenvalue weighted by Gasteiger charge is 2.31. The Labute approximate surface area is 231 Å². The third kappa shape index (κ3) is 4.21. The maximum absolute atomic E-state index is 13.8. The monoisotopic (exact) mass is 535 g/mol. The number of hydrogen-bond donors (Lipinski definition) is 1. The molecule has 2 aromatic carbocycles. The molecule has 7 rings (SSSR count). The Morgan fingerprint density at radius 3 is 2.77 bits per heavy atom. The number of anilines is 1. The number of amides is 1. The molecule has 1 saturated heterocycles. The van der Waals surface area contributed by atoms with E-state index in [9.17, 15) is 4.79 Å². The molecule has 10 nitrogen and oxygen atoms in total. The van der Waals surface area contributed by atoms with Gasteiger partial charge in [0.2, 0.25) is 5.82 Å². The van der Waals surface area contributed by atoms with Crippen LogP contribution in [0, 0.1) is 13.8 Å². The Kier molecular flexibility index (Phi) is 6.04. The molecule has 0 saturated carbocycles. The molecule has 0 aliphatic carbocycles. The molecule has 1 fully saturated rings. The molecule has 10 heteroatoms. The van der Waals surface area contributed by atoms with Crippen molar-refractivity contribution < 1.29 is 14.1 Å². The number of nitrogens with zero attached hydrogens (tertiary/aromatic N) is 6. The average Bonchev–Trinajstić information content (AvgIpc) is 3.61. The Balaban J connectivity index is 1.37. The third-order valence-corrected chi connectivity index (χ3v) is 7.86. The zero-order valence-corrected chi connectivity index (χ0v) is 22.4. The molecule has 202 valence electrons. The Morgan fingerprint density at radius 2 is 1.95 bits per heavy atom. The van der Waals surface area contributed by atoms with Gasteiger partial charge in [-0.1, -0.05) is 41.6 Å². The number of morpholine rings is 1. The summed E-state index contributed by atoms with van der Waals surface area (Å²) in [6, 6.07) is 16.3. The molecule has 5 heterocycles. The first-order chi connectivity index (χ1) is 19.6. The standard InChI is InChI=1S/C30H29N7O3/c1-18-27(19(2)40-35-18)21-8-9-25-23(14-21)29(37-12-13-39-17-26(37)20-6-4-3-5-7-20)33-28(32-25)30(38)36-11-10-24-22(16-36)15-31-34-24/h3-9,14-15,26H,10-13,16-17H2,1-2H3,(H,31,34). The average molecular weight is 536 g/mol. The van der Waals surface area contributed by atoms with Gasteiger partial charge in [0.1, 0.15) is 11.6 Å². The van der Waals surface area contributed by atoms with E-state index in [0.717, 1.165) is 57.0 Å². The quantitative estimate of drug-likeness (QED) is 0.360. The first-order valence-corrected chi connectivity index (χ1v) is 13.5. The molecule has 3 aromatic heterocycles. The minimum absolute atomic E-state index is 0.0535. The molecule has 0 radical (unpaired) electrons. The summed E-state index contributed by atoms with van der Waals surface area (Å²) >= 11 is 0. The van der Waals surface area contributed by atoms with E-state index in [2.05, 4.69) is 38.5 Å². The normalized spacial score (nSPS) is 17.3. The lowest BCUT2D eigenvalue weighted by Gasteiger charge is -2.37. The van der Waals surface area contributed by atoms with E-state index in [-0.39, 0.29) is 17.8 Å². The van der Waals surface area contributed by atoms with E-state index >= 15 is 0 Å². The van der Waals surface area contributed by atoms with Crippen LogP contribution in [0.15, 0.2) is 59.3 Å². The number of fused-ring (bicyclic) bond motifs is 2. The second kappa shape index (κ2) is 9.87. The molecule has 5 aromatic rings. The van der Waals surface area contributed by atoms with Gasteiger partial charge in [-0.15, -0.1) is 0 Å². The fraction of sp³-hybridized carbons (Fsp3) is 0.300. The number of aromatic amines is 1. The fourth-order valence-electron chi connectivity index (χ4n) is 5.82. The lowest BCUT2D eigenvalue weighted by molar-refractivity contribution is 0.0722. The Hall–Kier alpha value is -4.57. The van der Waals surface area contributed by atoms with Crippen molar-refractivity contribution in [1.82, 2.24) is 30.2 Å². The van der Waals surface area contributed by atoms with Gasteiger partial charge in [-0.25, -0.2) is 9.97 Å². The first kappa shape index (κ1) is 24.5. The number of carbonyl (C=O) groups excluding carboxylic acids is 1. The SMILES string of the molecule is Cc1noc(C)c1-c1ccc2nc(C(=O)N3CCc4[nH]ncc4C3)nc(N3CCOCC3c3ccccc3)c2c1. The van der Waals surface area contributed by atoms with Crippen molar-refractivity contribution in [1.29, 1.82) is 0 Å².